The number of likely N-dealkylation sites (tertiary alicyclic amines) is 2. The molecule has 160 valence electrons. The monoisotopic (exact) mass is 414 g/mol. The Morgan fingerprint density at radius 2 is 1.77 bits per heavy atom. The van der Waals surface area contributed by atoms with Crippen LogP contribution in [0.5, 0.6) is 0 Å². The zero-order valence-electron chi connectivity index (χ0n) is 18.4. The van der Waals surface area contributed by atoms with Gasteiger partial charge in [0.2, 0.25) is 5.89 Å². The molecule has 3 aromatic rings. The molecule has 2 saturated heterocycles. The molecule has 31 heavy (non-hydrogen) atoms. The lowest BCUT2D eigenvalue weighted by atomic mass is 10.0. The molecule has 2 fully saturated rings. The van der Waals surface area contributed by atoms with Crippen LogP contribution in [0.2, 0.25) is 0 Å². The van der Waals surface area contributed by atoms with E-state index in [0.29, 0.717) is 17.6 Å². The fourth-order valence-corrected chi connectivity index (χ4v) is 5.23. The Morgan fingerprint density at radius 3 is 2.45 bits per heavy atom. The van der Waals surface area contributed by atoms with Gasteiger partial charge in [-0.3, -0.25) is 9.80 Å². The van der Waals surface area contributed by atoms with Crippen LogP contribution in [-0.4, -0.2) is 46.5 Å². The number of benzene rings is 2. The number of aromatic nitrogens is 1. The summed E-state index contributed by atoms with van der Waals surface area (Å²) in [6.45, 7) is 7.94. The SMILES string of the molecule is C[C@H]1CCCN1CC(c1nc2cc(-c3ccc(C#N)cc3)ccc2o1)N1CCC[C@@H]1C. The molecule has 1 unspecified atom stereocenters. The first kappa shape index (κ1) is 20.2. The fourth-order valence-electron chi connectivity index (χ4n) is 5.23. The highest BCUT2D eigenvalue weighted by Gasteiger charge is 2.35. The van der Waals surface area contributed by atoms with Crippen molar-refractivity contribution in [3.05, 3.63) is 53.9 Å². The van der Waals surface area contributed by atoms with Crippen LogP contribution in [0.25, 0.3) is 22.2 Å². The molecule has 0 bridgehead atoms. The van der Waals surface area contributed by atoms with Crippen LogP contribution in [0.4, 0.5) is 0 Å². The molecule has 2 aliphatic heterocycles. The molecule has 5 heteroatoms. The molecule has 3 heterocycles. The number of oxazole rings is 1. The van der Waals surface area contributed by atoms with Crippen molar-refractivity contribution >= 4 is 11.1 Å². The smallest absolute Gasteiger partial charge is 0.214 e. The first-order chi connectivity index (χ1) is 15.1. The number of nitrogens with zero attached hydrogens (tertiary/aromatic N) is 4. The number of hydrogen-bond acceptors (Lipinski definition) is 5. The second kappa shape index (κ2) is 8.45. The second-order valence-electron chi connectivity index (χ2n) is 9.15. The third-order valence-corrected chi connectivity index (χ3v) is 7.14. The molecular weight excluding hydrogens is 384 g/mol. The zero-order chi connectivity index (χ0) is 21.4. The third kappa shape index (κ3) is 3.98. The van der Waals surface area contributed by atoms with Gasteiger partial charge in [0.15, 0.2) is 5.58 Å². The van der Waals surface area contributed by atoms with Crippen molar-refractivity contribution < 1.29 is 4.42 Å². The Hall–Kier alpha value is -2.68. The van der Waals surface area contributed by atoms with E-state index in [9.17, 15) is 0 Å². The van der Waals surface area contributed by atoms with Crippen molar-refractivity contribution in [2.24, 2.45) is 0 Å². The maximum absolute atomic E-state index is 9.04. The molecule has 3 atom stereocenters. The summed E-state index contributed by atoms with van der Waals surface area (Å²) in [5.74, 6) is 0.847. The molecule has 2 aliphatic rings. The van der Waals surface area contributed by atoms with Crippen molar-refractivity contribution in [1.29, 1.82) is 5.26 Å². The average molecular weight is 415 g/mol. The van der Waals surface area contributed by atoms with Gasteiger partial charge >= 0.3 is 0 Å². The molecule has 0 radical (unpaired) electrons. The van der Waals surface area contributed by atoms with E-state index in [1.165, 1.54) is 32.2 Å². The van der Waals surface area contributed by atoms with E-state index >= 15 is 0 Å². The predicted octanol–water partition coefficient (Wildman–Crippen LogP) is 5.38. The molecule has 5 rings (SSSR count). The van der Waals surface area contributed by atoms with Crippen molar-refractivity contribution in [2.75, 3.05) is 19.6 Å². The molecular formula is C26H30N4O. The van der Waals surface area contributed by atoms with Gasteiger partial charge in [-0.2, -0.15) is 5.26 Å². The summed E-state index contributed by atoms with van der Waals surface area (Å²) < 4.78 is 6.34. The summed E-state index contributed by atoms with van der Waals surface area (Å²) in [4.78, 5) is 10.2. The van der Waals surface area contributed by atoms with Gasteiger partial charge in [-0.25, -0.2) is 4.98 Å². The largest absolute Gasteiger partial charge is 0.439 e. The fraction of sp³-hybridized carbons (Fsp3) is 0.462. The van der Waals surface area contributed by atoms with Crippen LogP contribution in [0.1, 0.15) is 57.0 Å². The lowest BCUT2D eigenvalue weighted by Gasteiger charge is -2.33. The Bertz CT molecular complexity index is 1100. The molecule has 0 aliphatic carbocycles. The quantitative estimate of drug-likeness (QED) is 0.561. The van der Waals surface area contributed by atoms with Gasteiger partial charge in [0, 0.05) is 18.6 Å². The molecule has 2 aromatic carbocycles. The minimum atomic E-state index is 0.198. The zero-order valence-corrected chi connectivity index (χ0v) is 18.4. The third-order valence-electron chi connectivity index (χ3n) is 7.14. The minimum Gasteiger partial charge on any atom is -0.439 e. The second-order valence-corrected chi connectivity index (χ2v) is 9.15. The van der Waals surface area contributed by atoms with Crippen molar-refractivity contribution in [3.63, 3.8) is 0 Å². The highest BCUT2D eigenvalue weighted by molar-refractivity contribution is 5.80. The van der Waals surface area contributed by atoms with Gasteiger partial charge in [-0.05, 0) is 88.0 Å². The van der Waals surface area contributed by atoms with Crippen LogP contribution < -0.4 is 0 Å². The molecule has 5 nitrogen and oxygen atoms in total. The minimum absolute atomic E-state index is 0.198. The molecule has 0 saturated carbocycles. The standard InChI is InChI=1S/C26H30N4O/c1-18-5-3-13-29(18)17-24(30-14-4-6-19(30)2)26-28-23-15-22(11-12-25(23)31-26)21-9-7-20(16-27)8-10-21/h7-12,15,18-19,24H,3-6,13-14,17H2,1-2H3/t18-,19-,24?/m0/s1. The summed E-state index contributed by atoms with van der Waals surface area (Å²) >= 11 is 0. The van der Waals surface area contributed by atoms with Crippen LogP contribution in [-0.2, 0) is 0 Å². The van der Waals surface area contributed by atoms with Gasteiger partial charge in [0.25, 0.3) is 0 Å². The Kier molecular flexibility index (Phi) is 5.52. The predicted molar refractivity (Wildman–Crippen MR) is 123 cm³/mol. The summed E-state index contributed by atoms with van der Waals surface area (Å²) in [6.07, 6.45) is 5.06. The maximum Gasteiger partial charge on any atom is 0.214 e. The van der Waals surface area contributed by atoms with Crippen LogP contribution in [0.15, 0.2) is 46.9 Å². The van der Waals surface area contributed by atoms with Gasteiger partial charge in [-0.15, -0.1) is 0 Å². The van der Waals surface area contributed by atoms with E-state index in [-0.39, 0.29) is 6.04 Å². The normalized spacial score (nSPS) is 23.4. The molecule has 0 N–H and O–H groups in total. The Labute approximate surface area is 184 Å². The van der Waals surface area contributed by atoms with Crippen molar-refractivity contribution in [3.8, 4) is 17.2 Å². The summed E-state index contributed by atoms with van der Waals surface area (Å²) in [6, 6.07) is 17.5. The summed E-state index contributed by atoms with van der Waals surface area (Å²) in [5.41, 5.74) is 4.60. The number of rotatable bonds is 5. The van der Waals surface area contributed by atoms with E-state index in [1.807, 2.05) is 30.3 Å². The van der Waals surface area contributed by atoms with E-state index in [1.54, 1.807) is 0 Å². The lowest BCUT2D eigenvalue weighted by molar-refractivity contribution is 0.111. The number of hydrogen-bond donors (Lipinski definition) is 0. The van der Waals surface area contributed by atoms with Crippen LogP contribution in [0, 0.1) is 11.3 Å². The lowest BCUT2D eigenvalue weighted by Crippen LogP contribution is -2.41. The first-order valence-corrected chi connectivity index (χ1v) is 11.5. The van der Waals surface area contributed by atoms with Crippen LogP contribution in [0.3, 0.4) is 0 Å². The van der Waals surface area contributed by atoms with Gasteiger partial charge in [0.1, 0.15) is 5.52 Å². The van der Waals surface area contributed by atoms with Gasteiger partial charge in [-0.1, -0.05) is 18.2 Å². The molecule has 0 spiro atoms. The first-order valence-electron chi connectivity index (χ1n) is 11.5. The Balaban J connectivity index is 1.47. The highest BCUT2D eigenvalue weighted by Crippen LogP contribution is 2.34. The van der Waals surface area contributed by atoms with Gasteiger partial charge < -0.3 is 4.42 Å². The topological polar surface area (TPSA) is 56.3 Å². The van der Waals surface area contributed by atoms with Gasteiger partial charge in [0.05, 0.1) is 17.7 Å². The maximum atomic E-state index is 9.04. The van der Waals surface area contributed by atoms with E-state index in [4.69, 9.17) is 14.7 Å². The number of nitriles is 1. The highest BCUT2D eigenvalue weighted by atomic mass is 16.3. The Morgan fingerprint density at radius 1 is 1.03 bits per heavy atom. The van der Waals surface area contributed by atoms with E-state index in [0.717, 1.165) is 41.2 Å². The van der Waals surface area contributed by atoms with Crippen molar-refractivity contribution in [2.45, 2.75) is 57.7 Å². The van der Waals surface area contributed by atoms with E-state index in [2.05, 4.69) is 41.8 Å². The van der Waals surface area contributed by atoms with E-state index < -0.39 is 0 Å². The number of fused-ring (bicyclic) bond motifs is 1. The average Bonchev–Trinajstić information content (AvgIpc) is 3.51. The molecule has 0 amide bonds. The molecule has 1 aromatic heterocycles. The van der Waals surface area contributed by atoms with Crippen LogP contribution >= 0.6 is 0 Å². The van der Waals surface area contributed by atoms with Crippen molar-refractivity contribution in [1.82, 2.24) is 14.8 Å². The summed E-state index contributed by atoms with van der Waals surface area (Å²) in [5, 5.41) is 9.04. The summed E-state index contributed by atoms with van der Waals surface area (Å²) in [7, 11) is 0.